The number of aliphatic hydroxyl groups excluding tert-OH is 1. The van der Waals surface area contributed by atoms with E-state index in [9.17, 15) is 9.90 Å². The summed E-state index contributed by atoms with van der Waals surface area (Å²) in [6.45, 7) is 4.55. The number of carbonyl (C=O) groups is 1. The van der Waals surface area contributed by atoms with Gasteiger partial charge in [-0.3, -0.25) is 4.79 Å². The third-order valence-electron chi connectivity index (χ3n) is 7.48. The maximum Gasteiger partial charge on any atom is 0.161 e. The maximum atomic E-state index is 12.1. The Kier molecular flexibility index (Phi) is 28.6. The van der Waals surface area contributed by atoms with Gasteiger partial charge in [-0.1, -0.05) is 174 Å². The first-order valence-corrected chi connectivity index (χ1v) is 15.9. The lowest BCUT2D eigenvalue weighted by Gasteiger charge is -2.09. The average molecular weight is 481 g/mol. The van der Waals surface area contributed by atoms with Gasteiger partial charge in [0.15, 0.2) is 5.78 Å². The van der Waals surface area contributed by atoms with Gasteiger partial charge in [0.2, 0.25) is 0 Å². The largest absolute Gasteiger partial charge is 0.385 e. The Morgan fingerprint density at radius 2 is 0.706 bits per heavy atom. The van der Waals surface area contributed by atoms with Gasteiger partial charge < -0.3 is 5.11 Å². The van der Waals surface area contributed by atoms with Gasteiger partial charge in [-0.15, -0.1) is 0 Å². The standard InChI is InChI=1S/C32H64O2/c1-3-5-7-9-11-13-15-16-17-18-20-22-24-26-28-30-32(34)31(33)29-27-25-23-21-19-14-12-10-8-6-4-2/h32,34H,3-30H2,1-2H3. The van der Waals surface area contributed by atoms with Crippen LogP contribution in [0, 0.1) is 0 Å². The van der Waals surface area contributed by atoms with E-state index in [1.165, 1.54) is 148 Å². The molecule has 0 aliphatic rings. The summed E-state index contributed by atoms with van der Waals surface area (Å²) in [6, 6.07) is 0. The molecule has 34 heavy (non-hydrogen) atoms. The molecule has 204 valence electrons. The van der Waals surface area contributed by atoms with Crippen molar-refractivity contribution in [3.8, 4) is 0 Å². The quantitative estimate of drug-likeness (QED) is 0.108. The van der Waals surface area contributed by atoms with Crippen LogP contribution in [0.1, 0.15) is 194 Å². The van der Waals surface area contributed by atoms with Gasteiger partial charge in [0.05, 0.1) is 0 Å². The van der Waals surface area contributed by atoms with Crippen molar-refractivity contribution < 1.29 is 9.90 Å². The lowest BCUT2D eigenvalue weighted by molar-refractivity contribution is -0.127. The smallest absolute Gasteiger partial charge is 0.161 e. The zero-order valence-electron chi connectivity index (χ0n) is 23.7. The number of Topliss-reactive ketones (excluding diaryl/α,β-unsaturated/α-hetero) is 1. The molecule has 0 aliphatic carbocycles. The molecule has 0 aromatic carbocycles. The summed E-state index contributed by atoms with van der Waals surface area (Å²) in [5.74, 6) is 0.0845. The number of aliphatic hydroxyl groups is 1. The van der Waals surface area contributed by atoms with Crippen LogP contribution in [-0.2, 0) is 4.79 Å². The highest BCUT2D eigenvalue weighted by molar-refractivity contribution is 5.82. The predicted octanol–water partition coefficient (Wildman–Crippen LogP) is 10.9. The van der Waals surface area contributed by atoms with E-state index < -0.39 is 6.10 Å². The third-order valence-corrected chi connectivity index (χ3v) is 7.48. The maximum absolute atomic E-state index is 12.1. The monoisotopic (exact) mass is 480 g/mol. The van der Waals surface area contributed by atoms with Crippen molar-refractivity contribution in [1.29, 1.82) is 0 Å². The van der Waals surface area contributed by atoms with E-state index in [0.29, 0.717) is 12.8 Å². The first kappa shape index (κ1) is 33.6. The number of hydrogen-bond acceptors (Lipinski definition) is 2. The molecule has 0 fully saturated rings. The zero-order chi connectivity index (χ0) is 25.0. The molecule has 0 saturated heterocycles. The van der Waals surface area contributed by atoms with Gasteiger partial charge in [-0.2, -0.15) is 0 Å². The summed E-state index contributed by atoms with van der Waals surface area (Å²) in [5.41, 5.74) is 0. The van der Waals surface area contributed by atoms with Crippen LogP contribution in [0.2, 0.25) is 0 Å². The molecule has 0 aliphatic heterocycles. The van der Waals surface area contributed by atoms with E-state index in [1.807, 2.05) is 0 Å². The van der Waals surface area contributed by atoms with Gasteiger partial charge in [0, 0.05) is 6.42 Å². The van der Waals surface area contributed by atoms with Crippen molar-refractivity contribution in [2.45, 2.75) is 200 Å². The fourth-order valence-electron chi connectivity index (χ4n) is 5.00. The Hall–Kier alpha value is -0.370. The fourth-order valence-corrected chi connectivity index (χ4v) is 5.00. The molecule has 0 rings (SSSR count). The molecule has 0 saturated carbocycles. The van der Waals surface area contributed by atoms with E-state index in [1.54, 1.807) is 0 Å². The molecule has 0 radical (unpaired) electrons. The summed E-state index contributed by atoms with van der Waals surface area (Å²) in [6.07, 6.45) is 35.1. The van der Waals surface area contributed by atoms with Crippen molar-refractivity contribution in [1.82, 2.24) is 0 Å². The summed E-state index contributed by atoms with van der Waals surface area (Å²) < 4.78 is 0. The molecule has 0 amide bonds. The molecular weight excluding hydrogens is 416 g/mol. The van der Waals surface area contributed by atoms with Crippen LogP contribution in [0.5, 0.6) is 0 Å². The van der Waals surface area contributed by atoms with Crippen LogP contribution in [-0.4, -0.2) is 17.0 Å². The number of hydrogen-bond donors (Lipinski definition) is 1. The Morgan fingerprint density at radius 3 is 1.03 bits per heavy atom. The van der Waals surface area contributed by atoms with Crippen molar-refractivity contribution in [3.05, 3.63) is 0 Å². The van der Waals surface area contributed by atoms with E-state index in [-0.39, 0.29) is 5.78 Å². The van der Waals surface area contributed by atoms with Crippen LogP contribution in [0.15, 0.2) is 0 Å². The third kappa shape index (κ3) is 26.2. The van der Waals surface area contributed by atoms with E-state index in [2.05, 4.69) is 13.8 Å². The van der Waals surface area contributed by atoms with E-state index >= 15 is 0 Å². The average Bonchev–Trinajstić information content (AvgIpc) is 2.84. The molecule has 1 N–H and O–H groups in total. The molecule has 2 nitrogen and oxygen atoms in total. The van der Waals surface area contributed by atoms with Gasteiger partial charge in [-0.05, 0) is 12.8 Å². The normalized spacial score (nSPS) is 12.3. The van der Waals surface area contributed by atoms with Crippen LogP contribution < -0.4 is 0 Å². The van der Waals surface area contributed by atoms with Gasteiger partial charge >= 0.3 is 0 Å². The molecule has 1 atom stereocenters. The van der Waals surface area contributed by atoms with Crippen molar-refractivity contribution in [3.63, 3.8) is 0 Å². The Balaban J connectivity index is 3.28. The van der Waals surface area contributed by atoms with E-state index in [0.717, 1.165) is 19.3 Å². The SMILES string of the molecule is CCCCCCCCCCCCCCCCCC(O)C(=O)CCCCCCCCCCCCC. The van der Waals surface area contributed by atoms with Gasteiger partial charge in [-0.25, -0.2) is 0 Å². The summed E-state index contributed by atoms with van der Waals surface area (Å²) >= 11 is 0. The Labute approximate surface area is 215 Å². The van der Waals surface area contributed by atoms with Crippen LogP contribution >= 0.6 is 0 Å². The first-order chi connectivity index (χ1) is 16.7. The molecule has 0 heterocycles. The molecule has 0 aromatic rings. The van der Waals surface area contributed by atoms with Crippen LogP contribution in [0.25, 0.3) is 0 Å². The lowest BCUT2D eigenvalue weighted by atomic mass is 10.00. The van der Waals surface area contributed by atoms with Crippen molar-refractivity contribution in [2.24, 2.45) is 0 Å². The lowest BCUT2D eigenvalue weighted by Crippen LogP contribution is -2.19. The van der Waals surface area contributed by atoms with Gasteiger partial charge in [0.25, 0.3) is 0 Å². The van der Waals surface area contributed by atoms with Gasteiger partial charge in [0.1, 0.15) is 6.10 Å². The topological polar surface area (TPSA) is 37.3 Å². The van der Waals surface area contributed by atoms with Crippen molar-refractivity contribution in [2.75, 3.05) is 0 Å². The number of carbonyl (C=O) groups excluding carboxylic acids is 1. The summed E-state index contributed by atoms with van der Waals surface area (Å²) in [4.78, 5) is 12.1. The second-order valence-corrected chi connectivity index (χ2v) is 11.0. The highest BCUT2D eigenvalue weighted by Gasteiger charge is 2.13. The Morgan fingerprint density at radius 1 is 0.441 bits per heavy atom. The molecule has 0 spiro atoms. The molecule has 1 unspecified atom stereocenters. The molecule has 2 heteroatoms. The summed E-state index contributed by atoms with van der Waals surface area (Å²) in [7, 11) is 0. The number of ketones is 1. The van der Waals surface area contributed by atoms with Crippen LogP contribution in [0.3, 0.4) is 0 Å². The second kappa shape index (κ2) is 28.9. The fraction of sp³-hybridized carbons (Fsp3) is 0.969. The summed E-state index contributed by atoms with van der Waals surface area (Å²) in [5, 5.41) is 10.1. The molecular formula is C32H64O2. The molecule has 0 aromatic heterocycles. The zero-order valence-corrected chi connectivity index (χ0v) is 23.7. The van der Waals surface area contributed by atoms with Crippen molar-refractivity contribution >= 4 is 5.78 Å². The second-order valence-electron chi connectivity index (χ2n) is 11.0. The highest BCUT2D eigenvalue weighted by atomic mass is 16.3. The minimum absolute atomic E-state index is 0.0845. The highest BCUT2D eigenvalue weighted by Crippen LogP contribution is 2.16. The van der Waals surface area contributed by atoms with E-state index in [4.69, 9.17) is 0 Å². The number of rotatable bonds is 29. The minimum atomic E-state index is -0.704. The molecule has 0 bridgehead atoms. The first-order valence-electron chi connectivity index (χ1n) is 15.9. The van der Waals surface area contributed by atoms with Crippen LogP contribution in [0.4, 0.5) is 0 Å². The Bertz CT molecular complexity index is 392. The minimum Gasteiger partial charge on any atom is -0.385 e. The number of unbranched alkanes of at least 4 members (excludes halogenated alkanes) is 24. The predicted molar refractivity (Wildman–Crippen MR) is 152 cm³/mol.